The van der Waals surface area contributed by atoms with E-state index in [1.807, 2.05) is 0 Å². The normalized spacial score (nSPS) is 23.6. The minimum Gasteiger partial charge on any atom is -0.481 e. The Kier molecular flexibility index (Phi) is 9.29. The topological polar surface area (TPSA) is 130 Å². The number of nitrogens with zero attached hydrogens (tertiary/aromatic N) is 1. The summed E-state index contributed by atoms with van der Waals surface area (Å²) in [5, 5.41) is 31.9. The van der Waals surface area contributed by atoms with Gasteiger partial charge in [0, 0.05) is 30.6 Å². The number of aliphatic hydroxyl groups is 1. The van der Waals surface area contributed by atoms with E-state index in [0.29, 0.717) is 25.7 Å². The van der Waals surface area contributed by atoms with Gasteiger partial charge in [0.05, 0.1) is 12.1 Å². The third kappa shape index (κ3) is 8.24. The number of carbonyl (C=O) groups excluding carboxylic acids is 1. The quantitative estimate of drug-likeness (QED) is 0.298. The largest absolute Gasteiger partial charge is 0.481 e. The highest BCUT2D eigenvalue weighted by Crippen LogP contribution is 2.21. The Morgan fingerprint density at radius 1 is 1.04 bits per heavy atom. The van der Waals surface area contributed by atoms with Gasteiger partial charge < -0.3 is 15.5 Å². The van der Waals surface area contributed by atoms with Gasteiger partial charge >= 0.3 is 5.97 Å². The number of carbonyl (C=O) groups is 2. The van der Waals surface area contributed by atoms with Crippen LogP contribution in [0.3, 0.4) is 0 Å². The van der Waals surface area contributed by atoms with E-state index in [2.05, 4.69) is 5.32 Å². The molecule has 3 unspecified atom stereocenters. The van der Waals surface area contributed by atoms with Crippen LogP contribution in [0, 0.1) is 10.1 Å². The minimum atomic E-state index is -0.768. The van der Waals surface area contributed by atoms with Crippen LogP contribution < -0.4 is 5.32 Å². The van der Waals surface area contributed by atoms with E-state index in [0.717, 1.165) is 32.1 Å². The minimum absolute atomic E-state index is 0.172. The lowest BCUT2D eigenvalue weighted by Crippen LogP contribution is -2.49. The number of nitro groups is 1. The fraction of sp³-hybridized carbons (Fsp3) is 0.875. The summed E-state index contributed by atoms with van der Waals surface area (Å²) in [6, 6.07) is -1.22. The average molecular weight is 344 g/mol. The molecule has 0 aromatic carbocycles. The maximum Gasteiger partial charge on any atom is 0.303 e. The highest BCUT2D eigenvalue weighted by atomic mass is 16.6. The summed E-state index contributed by atoms with van der Waals surface area (Å²) < 4.78 is 0. The van der Waals surface area contributed by atoms with Crippen molar-refractivity contribution < 1.29 is 24.7 Å². The van der Waals surface area contributed by atoms with Gasteiger partial charge in [-0.15, -0.1) is 0 Å². The Morgan fingerprint density at radius 2 is 1.62 bits per heavy atom. The molecule has 3 atom stereocenters. The van der Waals surface area contributed by atoms with Crippen LogP contribution in [-0.4, -0.2) is 45.2 Å². The third-order valence-corrected chi connectivity index (χ3v) is 4.48. The Bertz CT molecular complexity index is 429. The molecular formula is C16H28N2O6. The maximum atomic E-state index is 11.9. The molecule has 8 nitrogen and oxygen atoms in total. The van der Waals surface area contributed by atoms with Crippen molar-refractivity contribution in [3.05, 3.63) is 10.1 Å². The van der Waals surface area contributed by atoms with E-state index in [9.17, 15) is 24.8 Å². The van der Waals surface area contributed by atoms with Crippen LogP contribution in [0.25, 0.3) is 0 Å². The molecule has 24 heavy (non-hydrogen) atoms. The molecule has 1 rings (SSSR count). The van der Waals surface area contributed by atoms with Gasteiger partial charge in [-0.1, -0.05) is 25.7 Å². The SMILES string of the molecule is O=C(O)CCCCCCCCC(=O)NC1CC([N+](=O)[O-])CCC1O. The number of amides is 1. The van der Waals surface area contributed by atoms with Gasteiger partial charge in [-0.2, -0.15) is 0 Å². The molecule has 1 aliphatic carbocycles. The lowest BCUT2D eigenvalue weighted by molar-refractivity contribution is -0.527. The second-order valence-electron chi connectivity index (χ2n) is 6.51. The molecule has 138 valence electrons. The summed E-state index contributed by atoms with van der Waals surface area (Å²) in [7, 11) is 0. The average Bonchev–Trinajstić information content (AvgIpc) is 2.51. The molecule has 0 bridgehead atoms. The van der Waals surface area contributed by atoms with Crippen molar-refractivity contribution in [2.75, 3.05) is 0 Å². The van der Waals surface area contributed by atoms with E-state index in [1.54, 1.807) is 0 Å². The Balaban J connectivity index is 2.10. The predicted octanol–water partition coefficient (Wildman–Crippen LogP) is 1.87. The number of unbranched alkanes of at least 4 members (excludes halogenated alkanes) is 5. The summed E-state index contributed by atoms with van der Waals surface area (Å²) in [5.74, 6) is -0.940. The van der Waals surface area contributed by atoms with Gasteiger partial charge in [0.2, 0.25) is 11.9 Å². The number of aliphatic hydroxyl groups excluding tert-OH is 1. The molecule has 0 aromatic heterocycles. The fourth-order valence-corrected chi connectivity index (χ4v) is 3.03. The summed E-state index contributed by atoms with van der Waals surface area (Å²) in [4.78, 5) is 32.7. The van der Waals surface area contributed by atoms with Crippen LogP contribution in [0.1, 0.15) is 70.6 Å². The molecule has 0 aliphatic heterocycles. The van der Waals surface area contributed by atoms with Crippen LogP contribution in [0.15, 0.2) is 0 Å². The van der Waals surface area contributed by atoms with Crippen molar-refractivity contribution >= 4 is 11.9 Å². The van der Waals surface area contributed by atoms with E-state index in [-0.39, 0.29) is 23.7 Å². The second-order valence-corrected chi connectivity index (χ2v) is 6.51. The first-order valence-corrected chi connectivity index (χ1v) is 8.73. The molecule has 1 aliphatic rings. The summed E-state index contributed by atoms with van der Waals surface area (Å²) in [6.07, 6.45) is 5.83. The smallest absolute Gasteiger partial charge is 0.303 e. The number of rotatable bonds is 11. The molecule has 1 saturated carbocycles. The third-order valence-electron chi connectivity index (χ3n) is 4.48. The van der Waals surface area contributed by atoms with Crippen molar-refractivity contribution in [1.82, 2.24) is 5.32 Å². The van der Waals surface area contributed by atoms with Crippen molar-refractivity contribution in [2.45, 2.75) is 88.8 Å². The molecule has 0 aromatic rings. The molecule has 0 heterocycles. The summed E-state index contributed by atoms with van der Waals surface area (Å²) in [5.41, 5.74) is 0. The molecule has 0 radical (unpaired) electrons. The Morgan fingerprint density at radius 3 is 2.21 bits per heavy atom. The first-order chi connectivity index (χ1) is 11.4. The maximum absolute atomic E-state index is 11.9. The monoisotopic (exact) mass is 344 g/mol. The zero-order chi connectivity index (χ0) is 17.9. The van der Waals surface area contributed by atoms with Gasteiger partial charge in [-0.05, 0) is 19.3 Å². The number of nitrogens with one attached hydrogen (secondary N) is 1. The van der Waals surface area contributed by atoms with E-state index in [4.69, 9.17) is 5.11 Å². The van der Waals surface area contributed by atoms with Gasteiger partial charge in [-0.25, -0.2) is 0 Å². The number of carboxylic acids is 1. The zero-order valence-corrected chi connectivity index (χ0v) is 14.0. The second kappa shape index (κ2) is 11.0. The standard InChI is InChI=1S/C16H28N2O6/c19-14-10-9-12(18(23)24)11-13(14)17-15(20)7-5-3-1-2-4-6-8-16(21)22/h12-14,19H,1-11H2,(H,17,20)(H,21,22). The molecule has 1 fully saturated rings. The van der Waals surface area contributed by atoms with Crippen molar-refractivity contribution in [1.29, 1.82) is 0 Å². The highest BCUT2D eigenvalue weighted by molar-refractivity contribution is 5.76. The van der Waals surface area contributed by atoms with Gasteiger partial charge in [0.15, 0.2) is 0 Å². The predicted molar refractivity (Wildman–Crippen MR) is 87.1 cm³/mol. The number of aliphatic carboxylic acids is 1. The van der Waals surface area contributed by atoms with Crippen LogP contribution in [-0.2, 0) is 9.59 Å². The van der Waals surface area contributed by atoms with E-state index < -0.39 is 24.2 Å². The van der Waals surface area contributed by atoms with Crippen LogP contribution >= 0.6 is 0 Å². The van der Waals surface area contributed by atoms with Crippen molar-refractivity contribution in [3.63, 3.8) is 0 Å². The van der Waals surface area contributed by atoms with Gasteiger partial charge in [0.25, 0.3) is 0 Å². The van der Waals surface area contributed by atoms with Gasteiger partial charge in [0.1, 0.15) is 0 Å². The van der Waals surface area contributed by atoms with E-state index >= 15 is 0 Å². The number of hydrogen-bond acceptors (Lipinski definition) is 5. The van der Waals surface area contributed by atoms with Crippen molar-refractivity contribution in [2.24, 2.45) is 0 Å². The molecule has 8 heteroatoms. The fourth-order valence-electron chi connectivity index (χ4n) is 3.03. The van der Waals surface area contributed by atoms with E-state index in [1.165, 1.54) is 0 Å². The van der Waals surface area contributed by atoms with Crippen LogP contribution in [0.2, 0.25) is 0 Å². The number of carboxylic acid groups (broad SMARTS) is 1. The molecule has 3 N–H and O–H groups in total. The van der Waals surface area contributed by atoms with Crippen LogP contribution in [0.4, 0.5) is 0 Å². The first-order valence-electron chi connectivity index (χ1n) is 8.73. The first kappa shape index (κ1) is 20.3. The van der Waals surface area contributed by atoms with Crippen LogP contribution in [0.5, 0.6) is 0 Å². The number of hydrogen-bond donors (Lipinski definition) is 3. The van der Waals surface area contributed by atoms with Crippen molar-refractivity contribution in [3.8, 4) is 0 Å². The molecule has 1 amide bonds. The lowest BCUT2D eigenvalue weighted by Gasteiger charge is -2.29. The lowest BCUT2D eigenvalue weighted by atomic mass is 9.89. The molecular weight excluding hydrogens is 316 g/mol. The molecule has 0 spiro atoms. The zero-order valence-electron chi connectivity index (χ0n) is 14.0. The highest BCUT2D eigenvalue weighted by Gasteiger charge is 2.35. The van der Waals surface area contributed by atoms with Gasteiger partial charge in [-0.3, -0.25) is 19.7 Å². The summed E-state index contributed by atoms with van der Waals surface area (Å²) in [6.45, 7) is 0. The Labute approximate surface area is 141 Å². The summed E-state index contributed by atoms with van der Waals surface area (Å²) >= 11 is 0. The Hall–Kier alpha value is -1.70. The molecule has 0 saturated heterocycles.